The summed E-state index contributed by atoms with van der Waals surface area (Å²) < 4.78 is 12.9. The molecule has 0 spiro atoms. The maximum absolute atomic E-state index is 7.50. The van der Waals surface area contributed by atoms with Crippen LogP contribution >= 0.6 is 0 Å². The van der Waals surface area contributed by atoms with Crippen LogP contribution in [0.25, 0.3) is 0 Å². The number of hydrogen-bond donors (Lipinski definition) is 0. The molecular formula is C13H15FeNO2Si. The van der Waals surface area contributed by atoms with Crippen LogP contribution in [-0.2, 0) is 21.7 Å². The molecule has 1 aromatic heterocycles. The first-order valence-corrected chi connectivity index (χ1v) is 7.46. The third-order valence-corrected chi connectivity index (χ3v) is 2.12. The van der Waals surface area contributed by atoms with E-state index < -0.39 is 9.04 Å². The molecule has 1 aromatic rings. The van der Waals surface area contributed by atoms with E-state index in [1.54, 1.807) is 6.20 Å². The first kappa shape index (κ1) is 19.8. The zero-order valence-corrected chi connectivity index (χ0v) is 12.4. The molecule has 0 atom stereocenters. The van der Waals surface area contributed by atoms with Gasteiger partial charge >= 0.3 is 11.3 Å². The monoisotopic (exact) mass is 301 g/mol. The van der Waals surface area contributed by atoms with Crippen LogP contribution in [0.15, 0.2) is 24.4 Å². The average molecular weight is 301 g/mol. The van der Waals surface area contributed by atoms with Crippen LogP contribution in [-0.4, -0.2) is 14.0 Å². The van der Waals surface area contributed by atoms with Crippen LogP contribution in [0, 0.1) is 38.8 Å². The maximum Gasteiger partial charge on any atom is 0 e. The van der Waals surface area contributed by atoms with Gasteiger partial charge in [-0.25, -0.2) is 4.98 Å². The zero-order chi connectivity index (χ0) is 12.9. The molecule has 0 unspecified atom stereocenters. The Bertz CT molecular complexity index is 282. The summed E-state index contributed by atoms with van der Waals surface area (Å²) in [7, 11) is -0.649. The van der Waals surface area contributed by atoms with Crippen molar-refractivity contribution in [2.75, 3.05) is 0 Å². The van der Waals surface area contributed by atoms with E-state index in [4.69, 9.17) is 9.08 Å². The fraction of sp³-hybridized carbons (Fsp3) is 0.154. The van der Waals surface area contributed by atoms with Gasteiger partial charge in [-0.15, -0.1) is 0 Å². The van der Waals surface area contributed by atoms with Gasteiger partial charge in [-0.05, 0) is 57.3 Å². The Labute approximate surface area is 122 Å². The summed E-state index contributed by atoms with van der Waals surface area (Å²) in [6, 6.07) is 5.68. The van der Waals surface area contributed by atoms with Crippen molar-refractivity contribution in [2.45, 2.75) is 13.1 Å². The number of rotatable bonds is 2. The quantitative estimate of drug-likeness (QED) is 0.479. The Morgan fingerprint density at radius 1 is 1.06 bits per heavy atom. The van der Waals surface area contributed by atoms with Crippen molar-refractivity contribution >= 4 is 9.04 Å². The van der Waals surface area contributed by atoms with Gasteiger partial charge in [0.05, 0.1) is 0 Å². The molecule has 2 rings (SSSR count). The second-order valence-electron chi connectivity index (χ2n) is 3.14. The zero-order valence-electron chi connectivity index (χ0n) is 10.3. The minimum atomic E-state index is -0.649. The van der Waals surface area contributed by atoms with E-state index in [2.05, 4.69) is 24.7 Å². The Hall–Kier alpha value is -0.574. The van der Waals surface area contributed by atoms with E-state index in [0.717, 1.165) is 5.88 Å². The smallest absolute Gasteiger partial charge is 0 e. The van der Waals surface area contributed by atoms with Crippen molar-refractivity contribution in [2.24, 2.45) is 0 Å². The van der Waals surface area contributed by atoms with Crippen LogP contribution in [0.1, 0.15) is 0 Å². The van der Waals surface area contributed by atoms with Crippen LogP contribution in [0.2, 0.25) is 13.1 Å². The molecule has 0 aromatic carbocycles. The fourth-order valence-electron chi connectivity index (χ4n) is 0.937. The standard InChI is InChI=1S/C7H10NOSi.C5H5.CO.Fe/c1-10(2)9-7-5-3-4-6-8-7;1-2-4-5-3-1;1-2;/h3-6H,1-2H3;1-5H;;. The van der Waals surface area contributed by atoms with E-state index >= 15 is 0 Å². The van der Waals surface area contributed by atoms with Crippen LogP contribution < -0.4 is 4.43 Å². The average Bonchev–Trinajstić information content (AvgIpc) is 2.91. The van der Waals surface area contributed by atoms with Crippen molar-refractivity contribution < 1.29 is 26.1 Å². The van der Waals surface area contributed by atoms with E-state index in [-0.39, 0.29) is 17.1 Å². The van der Waals surface area contributed by atoms with Crippen molar-refractivity contribution in [3.63, 3.8) is 0 Å². The van der Waals surface area contributed by atoms with E-state index in [1.165, 1.54) is 0 Å². The minimum absolute atomic E-state index is 0. The normalized spacial score (nSPS) is 12.3. The molecule has 0 aliphatic heterocycles. The molecule has 0 amide bonds. The SMILES string of the molecule is C[Si](C)Oc1ccccn1.[C-]#[O+].[CH]1[CH][CH][CH][CH]1.[Fe]. The number of nitrogens with zero attached hydrogens (tertiary/aromatic N) is 1. The van der Waals surface area contributed by atoms with Gasteiger partial charge in [0.1, 0.15) is 0 Å². The summed E-state index contributed by atoms with van der Waals surface area (Å²) in [5, 5.41) is 0. The van der Waals surface area contributed by atoms with Gasteiger partial charge in [-0.1, -0.05) is 6.07 Å². The molecule has 96 valence electrons. The van der Waals surface area contributed by atoms with E-state index in [9.17, 15) is 0 Å². The van der Waals surface area contributed by atoms with Crippen molar-refractivity contribution in [1.82, 2.24) is 4.98 Å². The summed E-state index contributed by atoms with van der Waals surface area (Å²) in [4.78, 5) is 4.02. The molecule has 1 saturated carbocycles. The Morgan fingerprint density at radius 2 is 1.56 bits per heavy atom. The minimum Gasteiger partial charge on any atom is -0.0312 e. The molecular weight excluding hydrogens is 286 g/mol. The predicted molar refractivity (Wildman–Crippen MR) is 67.8 cm³/mol. The Morgan fingerprint density at radius 3 is 1.89 bits per heavy atom. The molecule has 1 aliphatic rings. The van der Waals surface area contributed by atoms with Gasteiger partial charge in [0.2, 0.25) is 0 Å². The van der Waals surface area contributed by atoms with E-state index in [0.29, 0.717) is 0 Å². The summed E-state index contributed by atoms with van der Waals surface area (Å²) in [6.45, 7) is 8.67. The van der Waals surface area contributed by atoms with Gasteiger partial charge in [0.15, 0.2) is 5.88 Å². The molecule has 6 radical (unpaired) electrons. The maximum atomic E-state index is 7.50. The summed E-state index contributed by atoms with van der Waals surface area (Å²) >= 11 is 0. The number of hydrogen-bond acceptors (Lipinski definition) is 2. The van der Waals surface area contributed by atoms with Crippen LogP contribution in [0.5, 0.6) is 5.88 Å². The largest absolute Gasteiger partial charge is 0.0312 e. The van der Waals surface area contributed by atoms with E-state index in [1.807, 2.05) is 50.3 Å². The predicted octanol–water partition coefficient (Wildman–Crippen LogP) is 2.69. The summed E-state index contributed by atoms with van der Waals surface area (Å²) in [6.07, 6.45) is 11.7. The van der Waals surface area contributed by atoms with Gasteiger partial charge in [0.25, 0.3) is 9.04 Å². The molecule has 0 N–H and O–H groups in total. The molecule has 1 heterocycles. The van der Waals surface area contributed by atoms with Gasteiger partial charge in [-0.2, -0.15) is 0 Å². The molecule has 1 fully saturated rings. The topological polar surface area (TPSA) is 42.0 Å². The Kier molecular flexibility index (Phi) is 15.9. The molecule has 0 saturated heterocycles. The van der Waals surface area contributed by atoms with Crippen molar-refractivity contribution in [3.05, 3.63) is 63.2 Å². The second-order valence-corrected chi connectivity index (χ2v) is 5.16. The molecule has 3 nitrogen and oxygen atoms in total. The molecule has 1 aliphatic carbocycles. The Balaban J connectivity index is 0. The summed E-state index contributed by atoms with van der Waals surface area (Å²) in [5.41, 5.74) is 0. The summed E-state index contributed by atoms with van der Waals surface area (Å²) in [5.74, 6) is 0.737. The first-order valence-electron chi connectivity index (χ1n) is 5.05. The molecule has 18 heavy (non-hydrogen) atoms. The second kappa shape index (κ2) is 14.5. The van der Waals surface area contributed by atoms with Gasteiger partial charge < -0.3 is 4.43 Å². The molecule has 5 heteroatoms. The first-order chi connectivity index (χ1) is 8.29. The fourth-order valence-corrected chi connectivity index (χ4v) is 1.48. The van der Waals surface area contributed by atoms with Gasteiger partial charge in [0, 0.05) is 23.3 Å². The third kappa shape index (κ3) is 11.9. The third-order valence-electron chi connectivity index (χ3n) is 1.50. The van der Waals surface area contributed by atoms with Crippen LogP contribution in [0.4, 0.5) is 0 Å². The van der Waals surface area contributed by atoms with Crippen molar-refractivity contribution in [3.8, 4) is 5.88 Å². The molecule has 0 bridgehead atoms. The van der Waals surface area contributed by atoms with Crippen molar-refractivity contribution in [1.29, 1.82) is 0 Å². The van der Waals surface area contributed by atoms with Crippen LogP contribution in [0.3, 0.4) is 0 Å². The number of aromatic nitrogens is 1. The number of pyridine rings is 1. The van der Waals surface area contributed by atoms with Gasteiger partial charge in [-0.3, -0.25) is 0 Å².